The minimum atomic E-state index is -0.485. The highest BCUT2D eigenvalue weighted by Crippen LogP contribution is 2.36. The van der Waals surface area contributed by atoms with E-state index < -0.39 is 5.63 Å². The molecule has 35 heavy (non-hydrogen) atoms. The first-order valence-electron chi connectivity index (χ1n) is 12.2. The van der Waals surface area contributed by atoms with Gasteiger partial charge in [0.05, 0.1) is 25.2 Å². The van der Waals surface area contributed by atoms with E-state index in [0.29, 0.717) is 16.8 Å². The summed E-state index contributed by atoms with van der Waals surface area (Å²) in [5, 5.41) is 3.76. The number of anilines is 1. The molecular weight excluding hydrogens is 444 g/mol. The second-order valence-corrected chi connectivity index (χ2v) is 10.1. The van der Waals surface area contributed by atoms with Gasteiger partial charge in [-0.3, -0.25) is 9.69 Å². The number of nitrogens with zero attached hydrogens (tertiary/aromatic N) is 1. The quantitative estimate of drug-likeness (QED) is 0.556. The fourth-order valence-corrected chi connectivity index (χ4v) is 4.82. The summed E-state index contributed by atoms with van der Waals surface area (Å²) in [5.41, 5.74) is 3.92. The topological polar surface area (TPSA) is 81.0 Å². The second kappa shape index (κ2) is 9.47. The van der Waals surface area contributed by atoms with Crippen LogP contribution in [0.1, 0.15) is 42.5 Å². The molecule has 0 unspecified atom stereocenters. The summed E-state index contributed by atoms with van der Waals surface area (Å²) < 4.78 is 17.1. The third kappa shape index (κ3) is 5.26. The van der Waals surface area contributed by atoms with Gasteiger partial charge in [0.2, 0.25) is 5.91 Å². The van der Waals surface area contributed by atoms with E-state index >= 15 is 0 Å². The Labute approximate surface area is 205 Å². The smallest absolute Gasteiger partial charge is 0.340 e. The molecule has 2 aliphatic heterocycles. The molecule has 0 radical (unpaired) electrons. The molecule has 1 saturated heterocycles. The van der Waals surface area contributed by atoms with Crippen LogP contribution in [0, 0.1) is 6.92 Å². The van der Waals surface area contributed by atoms with Crippen molar-refractivity contribution < 1.29 is 18.7 Å². The number of hydrogen-bond acceptors (Lipinski definition) is 6. The number of hydrogen-bond donors (Lipinski definition) is 1. The average Bonchev–Trinajstić information content (AvgIpc) is 2.82. The van der Waals surface area contributed by atoms with Crippen molar-refractivity contribution in [2.75, 3.05) is 31.6 Å². The van der Waals surface area contributed by atoms with Crippen LogP contribution in [0.15, 0.2) is 45.6 Å². The van der Waals surface area contributed by atoms with Gasteiger partial charge in [0, 0.05) is 36.8 Å². The van der Waals surface area contributed by atoms with Gasteiger partial charge in [0.1, 0.15) is 16.9 Å². The molecule has 2 aromatic carbocycles. The number of aryl methyl sites for hydroxylation is 2. The maximum Gasteiger partial charge on any atom is 0.340 e. The van der Waals surface area contributed by atoms with Crippen molar-refractivity contribution in [3.63, 3.8) is 0 Å². The first-order valence-corrected chi connectivity index (χ1v) is 12.2. The zero-order valence-electron chi connectivity index (χ0n) is 20.6. The Morgan fingerprint density at radius 2 is 1.86 bits per heavy atom. The molecule has 0 spiro atoms. The molecule has 1 fully saturated rings. The van der Waals surface area contributed by atoms with Crippen LogP contribution >= 0.6 is 0 Å². The van der Waals surface area contributed by atoms with E-state index in [9.17, 15) is 9.59 Å². The van der Waals surface area contributed by atoms with Gasteiger partial charge in [0.25, 0.3) is 0 Å². The zero-order chi connectivity index (χ0) is 24.6. The van der Waals surface area contributed by atoms with E-state index in [-0.39, 0.29) is 17.9 Å². The highest BCUT2D eigenvalue weighted by molar-refractivity contribution is 5.93. The van der Waals surface area contributed by atoms with Crippen LogP contribution < -0.4 is 15.7 Å². The van der Waals surface area contributed by atoms with Crippen molar-refractivity contribution >= 4 is 22.6 Å². The van der Waals surface area contributed by atoms with Gasteiger partial charge in [0.15, 0.2) is 0 Å². The zero-order valence-corrected chi connectivity index (χ0v) is 20.6. The van der Waals surface area contributed by atoms with Gasteiger partial charge in [-0.1, -0.05) is 12.1 Å². The Morgan fingerprint density at radius 1 is 1.11 bits per heavy atom. The predicted octanol–water partition coefficient (Wildman–Crippen LogP) is 4.22. The maximum absolute atomic E-state index is 12.8. The van der Waals surface area contributed by atoms with Gasteiger partial charge in [-0.15, -0.1) is 0 Å². The van der Waals surface area contributed by atoms with Crippen LogP contribution in [0.25, 0.3) is 11.0 Å². The number of carbonyl (C=O) groups excluding carboxylic acids is 1. The normalized spacial score (nSPS) is 17.6. The molecule has 0 atom stereocenters. The third-order valence-corrected chi connectivity index (χ3v) is 6.94. The summed E-state index contributed by atoms with van der Waals surface area (Å²) in [6.07, 6.45) is 1.77. The lowest BCUT2D eigenvalue weighted by molar-refractivity contribution is -0.115. The Hall–Kier alpha value is -3.16. The van der Waals surface area contributed by atoms with E-state index in [0.717, 1.165) is 68.0 Å². The molecule has 184 valence electrons. The molecule has 0 saturated carbocycles. The minimum absolute atomic E-state index is 0.0414. The molecule has 0 bridgehead atoms. The van der Waals surface area contributed by atoms with E-state index in [1.807, 2.05) is 43.3 Å². The van der Waals surface area contributed by atoms with Crippen LogP contribution in [0.3, 0.4) is 0 Å². The van der Waals surface area contributed by atoms with Crippen LogP contribution in [0.2, 0.25) is 0 Å². The van der Waals surface area contributed by atoms with Crippen LogP contribution in [0.5, 0.6) is 5.75 Å². The SMILES string of the molecule is Cc1c(CC(=O)Nc2ccc(CN3CCOCC3)cc2)c(=O)oc2cc3c(cc12)CCC(C)(C)O3. The number of nitrogens with one attached hydrogen (secondary N) is 1. The van der Waals surface area contributed by atoms with Crippen molar-refractivity contribution in [2.45, 2.75) is 52.2 Å². The number of amides is 1. The van der Waals surface area contributed by atoms with Crippen molar-refractivity contribution in [3.8, 4) is 5.75 Å². The second-order valence-electron chi connectivity index (χ2n) is 10.1. The summed E-state index contributed by atoms with van der Waals surface area (Å²) >= 11 is 0. The van der Waals surface area contributed by atoms with Crippen LogP contribution in [-0.2, 0) is 28.9 Å². The summed E-state index contributed by atoms with van der Waals surface area (Å²) in [5.74, 6) is 0.516. The number of carbonyl (C=O) groups is 1. The standard InChI is InChI=1S/C28H32N2O5/c1-18-22-14-20-8-9-28(2,3)35-24(20)16-25(22)34-27(32)23(18)15-26(31)29-21-6-4-19(5-7-21)17-30-10-12-33-13-11-30/h4-7,14,16H,8-13,15,17H2,1-3H3,(H,29,31). The fourth-order valence-electron chi connectivity index (χ4n) is 4.82. The molecule has 7 heteroatoms. The van der Waals surface area contributed by atoms with Gasteiger partial charge < -0.3 is 19.2 Å². The number of benzene rings is 2. The number of morpholine rings is 1. The lowest BCUT2D eigenvalue weighted by Crippen LogP contribution is -2.35. The average molecular weight is 477 g/mol. The van der Waals surface area contributed by atoms with E-state index in [1.54, 1.807) is 0 Å². The first-order chi connectivity index (χ1) is 16.8. The number of rotatable bonds is 5. The molecular formula is C28H32N2O5. The predicted molar refractivity (Wildman–Crippen MR) is 135 cm³/mol. The van der Waals surface area contributed by atoms with Crippen molar-refractivity contribution in [1.82, 2.24) is 4.90 Å². The Kier molecular flexibility index (Phi) is 6.38. The molecule has 2 aliphatic rings. The van der Waals surface area contributed by atoms with Crippen molar-refractivity contribution in [3.05, 3.63) is 69.1 Å². The lowest BCUT2D eigenvalue weighted by Gasteiger charge is -2.32. The maximum atomic E-state index is 12.8. The van der Waals surface area contributed by atoms with Crippen LogP contribution in [0.4, 0.5) is 5.69 Å². The van der Waals surface area contributed by atoms with E-state index in [2.05, 4.69) is 24.1 Å². The van der Waals surface area contributed by atoms with Crippen molar-refractivity contribution in [1.29, 1.82) is 0 Å². The Balaban J connectivity index is 1.30. The summed E-state index contributed by atoms with van der Waals surface area (Å²) in [6, 6.07) is 11.7. The molecule has 3 aromatic rings. The van der Waals surface area contributed by atoms with Gasteiger partial charge in [-0.25, -0.2) is 4.79 Å². The van der Waals surface area contributed by atoms with Crippen molar-refractivity contribution in [2.24, 2.45) is 0 Å². The van der Waals surface area contributed by atoms with Gasteiger partial charge in [-0.2, -0.15) is 0 Å². The summed E-state index contributed by atoms with van der Waals surface area (Å²) in [4.78, 5) is 27.9. The molecule has 1 N–H and O–H groups in total. The third-order valence-electron chi connectivity index (χ3n) is 6.94. The highest BCUT2D eigenvalue weighted by Gasteiger charge is 2.28. The van der Waals surface area contributed by atoms with Gasteiger partial charge >= 0.3 is 5.63 Å². The van der Waals surface area contributed by atoms with E-state index in [1.165, 1.54) is 5.56 Å². The molecule has 0 aliphatic carbocycles. The summed E-state index contributed by atoms with van der Waals surface area (Å²) in [6.45, 7) is 10.3. The highest BCUT2D eigenvalue weighted by atomic mass is 16.5. The monoisotopic (exact) mass is 476 g/mol. The number of fused-ring (bicyclic) bond motifs is 2. The Bertz CT molecular complexity index is 1300. The first kappa shape index (κ1) is 23.6. The summed E-state index contributed by atoms with van der Waals surface area (Å²) in [7, 11) is 0. The fraction of sp³-hybridized carbons (Fsp3) is 0.429. The van der Waals surface area contributed by atoms with Gasteiger partial charge in [-0.05, 0) is 68.5 Å². The Morgan fingerprint density at radius 3 is 2.60 bits per heavy atom. The molecule has 5 rings (SSSR count). The van der Waals surface area contributed by atoms with E-state index in [4.69, 9.17) is 13.9 Å². The molecule has 1 aromatic heterocycles. The van der Waals surface area contributed by atoms with Crippen LogP contribution in [-0.4, -0.2) is 42.7 Å². The minimum Gasteiger partial charge on any atom is -0.487 e. The number of ether oxygens (including phenoxy) is 2. The molecule has 1 amide bonds. The molecule has 3 heterocycles. The largest absolute Gasteiger partial charge is 0.487 e. The molecule has 7 nitrogen and oxygen atoms in total. The lowest BCUT2D eigenvalue weighted by atomic mass is 9.92.